The molecule has 2 aromatic rings. The summed E-state index contributed by atoms with van der Waals surface area (Å²) in [6.45, 7) is 1.87. The van der Waals surface area contributed by atoms with E-state index < -0.39 is 11.7 Å². The molecular formula is C18H16BrFN2O2S. The Morgan fingerprint density at radius 2 is 2.36 bits per heavy atom. The lowest BCUT2D eigenvalue weighted by Crippen LogP contribution is -2.20. The van der Waals surface area contributed by atoms with E-state index >= 15 is 0 Å². The summed E-state index contributed by atoms with van der Waals surface area (Å²) in [5.74, 6) is -0.353. The molecule has 1 aliphatic carbocycles. The van der Waals surface area contributed by atoms with Gasteiger partial charge >= 0.3 is 0 Å². The van der Waals surface area contributed by atoms with E-state index in [1.807, 2.05) is 0 Å². The molecule has 1 N–H and O–H groups in total. The molecular weight excluding hydrogens is 407 g/mol. The minimum atomic E-state index is -0.541. The van der Waals surface area contributed by atoms with Crippen molar-refractivity contribution in [3.05, 3.63) is 44.5 Å². The molecule has 1 aliphatic rings. The summed E-state index contributed by atoms with van der Waals surface area (Å²) >= 11 is 4.62. The van der Waals surface area contributed by atoms with Crippen LogP contribution in [-0.4, -0.2) is 12.5 Å². The Kier molecular flexibility index (Phi) is 5.40. The first-order valence-electron chi connectivity index (χ1n) is 7.90. The van der Waals surface area contributed by atoms with Crippen LogP contribution in [0.15, 0.2) is 22.7 Å². The van der Waals surface area contributed by atoms with E-state index in [1.54, 1.807) is 6.07 Å². The van der Waals surface area contributed by atoms with Crippen LogP contribution in [0.5, 0.6) is 5.75 Å². The maximum Gasteiger partial charge on any atom is 0.262 e. The van der Waals surface area contributed by atoms with Crippen molar-refractivity contribution in [1.29, 1.82) is 5.26 Å². The Labute approximate surface area is 157 Å². The van der Waals surface area contributed by atoms with E-state index in [2.05, 4.69) is 34.2 Å². The number of carbonyl (C=O) groups excluding carboxylic acids is 1. The molecule has 0 saturated heterocycles. The largest absolute Gasteiger partial charge is 0.481 e. The summed E-state index contributed by atoms with van der Waals surface area (Å²) in [6, 6.07) is 6.57. The first-order chi connectivity index (χ1) is 12.0. The summed E-state index contributed by atoms with van der Waals surface area (Å²) in [4.78, 5) is 13.3. The third-order valence-electron chi connectivity index (χ3n) is 4.13. The van der Waals surface area contributed by atoms with E-state index in [0.717, 1.165) is 24.8 Å². The number of nitrogens with zero attached hydrogens (tertiary/aromatic N) is 1. The smallest absolute Gasteiger partial charge is 0.262 e. The second-order valence-electron chi connectivity index (χ2n) is 6.08. The minimum Gasteiger partial charge on any atom is -0.481 e. The second kappa shape index (κ2) is 7.54. The van der Waals surface area contributed by atoms with Gasteiger partial charge in [-0.15, -0.1) is 11.3 Å². The lowest BCUT2D eigenvalue weighted by molar-refractivity contribution is -0.118. The van der Waals surface area contributed by atoms with E-state index in [4.69, 9.17) is 4.74 Å². The van der Waals surface area contributed by atoms with Gasteiger partial charge in [0, 0.05) is 9.35 Å². The Balaban J connectivity index is 1.68. The quantitative estimate of drug-likeness (QED) is 0.778. The van der Waals surface area contributed by atoms with Crippen LogP contribution >= 0.6 is 27.3 Å². The fourth-order valence-electron chi connectivity index (χ4n) is 2.86. The number of fused-ring (bicyclic) bond motifs is 1. The molecule has 1 heterocycles. The topological polar surface area (TPSA) is 62.1 Å². The molecule has 1 aromatic carbocycles. The van der Waals surface area contributed by atoms with Crippen LogP contribution in [0.2, 0.25) is 0 Å². The molecule has 0 radical (unpaired) electrons. The van der Waals surface area contributed by atoms with Gasteiger partial charge in [0.15, 0.2) is 18.2 Å². The number of ether oxygens (including phenoxy) is 1. The van der Waals surface area contributed by atoms with Crippen LogP contribution in [0.1, 0.15) is 29.3 Å². The lowest BCUT2D eigenvalue weighted by atomic mass is 9.89. The molecule has 130 valence electrons. The van der Waals surface area contributed by atoms with Crippen LogP contribution < -0.4 is 10.1 Å². The highest BCUT2D eigenvalue weighted by Crippen LogP contribution is 2.39. The summed E-state index contributed by atoms with van der Waals surface area (Å²) in [7, 11) is 0. The average molecular weight is 423 g/mol. The van der Waals surface area contributed by atoms with Crippen molar-refractivity contribution in [2.24, 2.45) is 5.92 Å². The summed E-state index contributed by atoms with van der Waals surface area (Å²) in [5.41, 5.74) is 1.61. The van der Waals surface area contributed by atoms with Gasteiger partial charge in [-0.2, -0.15) is 5.26 Å². The van der Waals surface area contributed by atoms with Crippen LogP contribution in [0.4, 0.5) is 9.39 Å². The van der Waals surface area contributed by atoms with Gasteiger partial charge in [0.2, 0.25) is 0 Å². The maximum atomic E-state index is 13.7. The molecule has 7 heteroatoms. The molecule has 1 unspecified atom stereocenters. The molecule has 0 aliphatic heterocycles. The van der Waals surface area contributed by atoms with Gasteiger partial charge in [0.25, 0.3) is 5.91 Å². The number of amides is 1. The van der Waals surface area contributed by atoms with Crippen LogP contribution in [0, 0.1) is 23.1 Å². The first kappa shape index (κ1) is 17.9. The number of hydrogen-bond donors (Lipinski definition) is 1. The highest BCUT2D eigenvalue weighted by Gasteiger charge is 2.24. The van der Waals surface area contributed by atoms with Crippen molar-refractivity contribution in [2.45, 2.75) is 26.2 Å². The molecule has 1 atom stereocenters. The highest BCUT2D eigenvalue weighted by atomic mass is 79.9. The summed E-state index contributed by atoms with van der Waals surface area (Å²) < 4.78 is 19.5. The Morgan fingerprint density at radius 1 is 1.56 bits per heavy atom. The molecule has 1 aromatic heterocycles. The fraction of sp³-hybridized carbons (Fsp3) is 0.333. The normalized spacial score (nSPS) is 16.0. The number of anilines is 1. The average Bonchev–Trinajstić information content (AvgIpc) is 2.89. The standard InChI is InChI=1S/C18H16BrFN2O2S/c1-10-2-4-12-13(8-21)18(25-16(12)6-10)22-17(23)9-24-15-5-3-11(19)7-14(15)20/h3,5,7,10H,2,4,6,9H2,1H3,(H,22,23). The number of halogens is 2. The third kappa shape index (κ3) is 4.02. The Bertz CT molecular complexity index is 859. The van der Waals surface area contributed by atoms with Crippen molar-refractivity contribution in [2.75, 3.05) is 11.9 Å². The van der Waals surface area contributed by atoms with Gasteiger partial charge in [-0.05, 0) is 48.9 Å². The van der Waals surface area contributed by atoms with Crippen LogP contribution in [0.3, 0.4) is 0 Å². The van der Waals surface area contributed by atoms with Gasteiger partial charge in [-0.3, -0.25) is 4.79 Å². The number of thiophene rings is 1. The monoisotopic (exact) mass is 422 g/mol. The maximum absolute atomic E-state index is 13.7. The van der Waals surface area contributed by atoms with Gasteiger partial charge in [0.05, 0.1) is 5.56 Å². The SMILES string of the molecule is CC1CCc2c(sc(NC(=O)COc3ccc(Br)cc3F)c2C#N)C1. The molecule has 1 amide bonds. The number of nitriles is 1. The van der Waals surface area contributed by atoms with Crippen molar-refractivity contribution < 1.29 is 13.9 Å². The van der Waals surface area contributed by atoms with Gasteiger partial charge in [-0.25, -0.2) is 4.39 Å². The van der Waals surface area contributed by atoms with Crippen LogP contribution in [0.25, 0.3) is 0 Å². The van der Waals surface area contributed by atoms with Gasteiger partial charge in [0.1, 0.15) is 11.1 Å². The molecule has 0 bridgehead atoms. The minimum absolute atomic E-state index is 0.0122. The molecule has 3 rings (SSSR count). The van der Waals surface area contributed by atoms with E-state index in [0.29, 0.717) is 21.0 Å². The second-order valence-corrected chi connectivity index (χ2v) is 8.10. The third-order valence-corrected chi connectivity index (χ3v) is 5.79. The predicted octanol–water partition coefficient (Wildman–Crippen LogP) is 4.66. The Hall–Kier alpha value is -1.91. The molecule has 0 fully saturated rings. The fourth-order valence-corrected chi connectivity index (χ4v) is 4.57. The van der Waals surface area contributed by atoms with Crippen molar-refractivity contribution >= 4 is 38.2 Å². The zero-order chi connectivity index (χ0) is 18.0. The van der Waals surface area contributed by atoms with Gasteiger partial charge < -0.3 is 10.1 Å². The van der Waals surface area contributed by atoms with Crippen molar-refractivity contribution in [3.63, 3.8) is 0 Å². The van der Waals surface area contributed by atoms with E-state index in [-0.39, 0.29) is 12.4 Å². The molecule has 0 saturated carbocycles. The highest BCUT2D eigenvalue weighted by molar-refractivity contribution is 9.10. The van der Waals surface area contributed by atoms with Crippen LogP contribution in [-0.2, 0) is 17.6 Å². The number of nitrogens with one attached hydrogen (secondary N) is 1. The summed E-state index contributed by atoms with van der Waals surface area (Å²) in [6.07, 6.45) is 2.86. The summed E-state index contributed by atoms with van der Waals surface area (Å²) in [5, 5.41) is 12.7. The molecule has 25 heavy (non-hydrogen) atoms. The van der Waals surface area contributed by atoms with E-state index in [9.17, 15) is 14.4 Å². The number of hydrogen-bond acceptors (Lipinski definition) is 4. The first-order valence-corrected chi connectivity index (χ1v) is 9.51. The molecule has 0 spiro atoms. The number of carbonyl (C=O) groups is 1. The predicted molar refractivity (Wildman–Crippen MR) is 98.4 cm³/mol. The number of rotatable bonds is 4. The zero-order valence-corrected chi connectivity index (χ0v) is 16.0. The zero-order valence-electron chi connectivity index (χ0n) is 13.6. The number of benzene rings is 1. The van der Waals surface area contributed by atoms with E-state index in [1.165, 1.54) is 28.3 Å². The molecule has 4 nitrogen and oxygen atoms in total. The van der Waals surface area contributed by atoms with Gasteiger partial charge in [-0.1, -0.05) is 22.9 Å². The van der Waals surface area contributed by atoms with Crippen molar-refractivity contribution in [1.82, 2.24) is 0 Å². The Morgan fingerprint density at radius 3 is 3.08 bits per heavy atom. The van der Waals surface area contributed by atoms with Crippen molar-refractivity contribution in [3.8, 4) is 11.8 Å². The lowest BCUT2D eigenvalue weighted by Gasteiger charge is -2.17.